The molecule has 0 radical (unpaired) electrons. The smallest absolute Gasteiger partial charge is 0.260 e. The molecule has 3 unspecified atom stereocenters. The average Bonchev–Trinajstić information content (AvgIpc) is 2.81. The second-order valence-electron chi connectivity index (χ2n) is 5.22. The maximum absolute atomic E-state index is 11.9. The summed E-state index contributed by atoms with van der Waals surface area (Å²) in [6.07, 6.45) is 1.93. The molecule has 4 nitrogen and oxygen atoms in total. The fourth-order valence-electron chi connectivity index (χ4n) is 2.43. The molecule has 1 aliphatic rings. The SMILES string of the molecule is CC(Oc1cccc(Cl)c1)C(=O)NCC1CCCC1O. The lowest BCUT2D eigenvalue weighted by atomic mass is 10.1. The van der Waals surface area contributed by atoms with Crippen molar-refractivity contribution in [1.29, 1.82) is 0 Å². The van der Waals surface area contributed by atoms with E-state index in [1.807, 2.05) is 0 Å². The van der Waals surface area contributed by atoms with Crippen molar-refractivity contribution in [1.82, 2.24) is 5.32 Å². The van der Waals surface area contributed by atoms with Crippen molar-refractivity contribution < 1.29 is 14.6 Å². The van der Waals surface area contributed by atoms with Crippen LogP contribution < -0.4 is 10.1 Å². The van der Waals surface area contributed by atoms with Crippen LogP contribution >= 0.6 is 11.6 Å². The number of halogens is 1. The van der Waals surface area contributed by atoms with Crippen LogP contribution in [0.4, 0.5) is 0 Å². The van der Waals surface area contributed by atoms with Gasteiger partial charge in [-0.1, -0.05) is 24.1 Å². The number of ether oxygens (including phenoxy) is 1. The van der Waals surface area contributed by atoms with E-state index < -0.39 is 6.10 Å². The lowest BCUT2D eigenvalue weighted by Gasteiger charge is -2.18. The van der Waals surface area contributed by atoms with Crippen LogP contribution in [0.3, 0.4) is 0 Å². The second kappa shape index (κ2) is 6.95. The first kappa shape index (κ1) is 15.1. The molecule has 3 atom stereocenters. The number of hydrogen-bond acceptors (Lipinski definition) is 3. The quantitative estimate of drug-likeness (QED) is 0.877. The Kier molecular flexibility index (Phi) is 5.26. The predicted octanol–water partition coefficient (Wildman–Crippen LogP) is 2.38. The van der Waals surface area contributed by atoms with Crippen molar-refractivity contribution in [3.63, 3.8) is 0 Å². The molecule has 110 valence electrons. The molecule has 1 saturated carbocycles. The maximum atomic E-state index is 11.9. The van der Waals surface area contributed by atoms with E-state index in [1.165, 1.54) is 0 Å². The van der Waals surface area contributed by atoms with Crippen molar-refractivity contribution in [2.45, 2.75) is 38.4 Å². The van der Waals surface area contributed by atoms with Crippen LogP contribution in [0.2, 0.25) is 5.02 Å². The Morgan fingerprint density at radius 1 is 1.55 bits per heavy atom. The average molecular weight is 298 g/mol. The van der Waals surface area contributed by atoms with Gasteiger partial charge >= 0.3 is 0 Å². The van der Waals surface area contributed by atoms with E-state index >= 15 is 0 Å². The van der Waals surface area contributed by atoms with Gasteiger partial charge in [-0.25, -0.2) is 0 Å². The molecule has 0 aliphatic heterocycles. The van der Waals surface area contributed by atoms with Crippen LogP contribution in [0.1, 0.15) is 26.2 Å². The van der Waals surface area contributed by atoms with Crippen molar-refractivity contribution in [2.75, 3.05) is 6.54 Å². The largest absolute Gasteiger partial charge is 0.481 e. The molecule has 1 amide bonds. The van der Waals surface area contributed by atoms with E-state index in [0.717, 1.165) is 19.3 Å². The topological polar surface area (TPSA) is 58.6 Å². The number of nitrogens with one attached hydrogen (secondary N) is 1. The highest BCUT2D eigenvalue weighted by atomic mass is 35.5. The minimum absolute atomic E-state index is 0.164. The van der Waals surface area contributed by atoms with E-state index in [-0.39, 0.29) is 17.9 Å². The summed E-state index contributed by atoms with van der Waals surface area (Å²) in [6.45, 7) is 2.20. The minimum Gasteiger partial charge on any atom is -0.481 e. The summed E-state index contributed by atoms with van der Waals surface area (Å²) < 4.78 is 5.54. The van der Waals surface area contributed by atoms with Gasteiger partial charge in [-0.3, -0.25) is 4.79 Å². The van der Waals surface area contributed by atoms with E-state index in [1.54, 1.807) is 31.2 Å². The van der Waals surface area contributed by atoms with E-state index in [0.29, 0.717) is 17.3 Å². The van der Waals surface area contributed by atoms with Gasteiger partial charge in [0.1, 0.15) is 5.75 Å². The Bertz CT molecular complexity index is 466. The highest BCUT2D eigenvalue weighted by Crippen LogP contribution is 2.24. The first-order valence-corrected chi connectivity index (χ1v) is 7.32. The molecule has 1 aromatic rings. The third-order valence-corrected chi connectivity index (χ3v) is 3.87. The Hall–Kier alpha value is -1.26. The van der Waals surface area contributed by atoms with Gasteiger partial charge in [-0.2, -0.15) is 0 Å². The molecule has 1 aliphatic carbocycles. The number of benzene rings is 1. The molecule has 2 N–H and O–H groups in total. The molecule has 2 rings (SSSR count). The molecule has 0 heterocycles. The van der Waals surface area contributed by atoms with Crippen LogP contribution in [0, 0.1) is 5.92 Å². The van der Waals surface area contributed by atoms with Crippen molar-refractivity contribution in [2.24, 2.45) is 5.92 Å². The monoisotopic (exact) mass is 297 g/mol. The summed E-state index contributed by atoms with van der Waals surface area (Å²) >= 11 is 5.86. The molecule has 20 heavy (non-hydrogen) atoms. The zero-order chi connectivity index (χ0) is 14.5. The number of aliphatic hydroxyl groups is 1. The lowest BCUT2D eigenvalue weighted by Crippen LogP contribution is -2.40. The van der Waals surface area contributed by atoms with Gasteiger partial charge in [-0.05, 0) is 38.0 Å². The molecule has 0 bridgehead atoms. The molecular weight excluding hydrogens is 278 g/mol. The molecule has 1 aromatic carbocycles. The summed E-state index contributed by atoms with van der Waals surface area (Å²) in [6, 6.07) is 6.96. The van der Waals surface area contributed by atoms with Crippen LogP contribution in [-0.4, -0.2) is 29.8 Å². The normalized spacial score (nSPS) is 23.4. The Morgan fingerprint density at radius 3 is 3.00 bits per heavy atom. The highest BCUT2D eigenvalue weighted by Gasteiger charge is 2.26. The Balaban J connectivity index is 1.80. The van der Waals surface area contributed by atoms with Gasteiger partial charge in [0.25, 0.3) is 5.91 Å². The third kappa shape index (κ3) is 4.12. The van der Waals surface area contributed by atoms with Crippen molar-refractivity contribution >= 4 is 17.5 Å². The van der Waals surface area contributed by atoms with Crippen LogP contribution in [-0.2, 0) is 4.79 Å². The molecule has 0 saturated heterocycles. The summed E-state index contributed by atoms with van der Waals surface area (Å²) in [5, 5.41) is 13.1. The second-order valence-corrected chi connectivity index (χ2v) is 5.66. The van der Waals surface area contributed by atoms with E-state index in [4.69, 9.17) is 16.3 Å². The fraction of sp³-hybridized carbons (Fsp3) is 0.533. The standard InChI is InChI=1S/C15H20ClNO3/c1-10(20-13-6-3-5-12(16)8-13)15(19)17-9-11-4-2-7-14(11)18/h3,5-6,8,10-11,14,18H,2,4,7,9H2,1H3,(H,17,19). The molecule has 1 fully saturated rings. The Labute approximate surface area is 124 Å². The minimum atomic E-state index is -0.591. The van der Waals surface area contributed by atoms with Gasteiger partial charge in [0.15, 0.2) is 6.10 Å². The number of rotatable bonds is 5. The van der Waals surface area contributed by atoms with Crippen LogP contribution in [0.15, 0.2) is 24.3 Å². The zero-order valence-electron chi connectivity index (χ0n) is 11.5. The number of hydrogen-bond donors (Lipinski definition) is 2. The number of carbonyl (C=O) groups is 1. The molecule has 0 aromatic heterocycles. The number of aliphatic hydroxyl groups excluding tert-OH is 1. The third-order valence-electron chi connectivity index (χ3n) is 3.64. The first-order chi connectivity index (χ1) is 9.56. The molecule has 0 spiro atoms. The lowest BCUT2D eigenvalue weighted by molar-refractivity contribution is -0.127. The van der Waals surface area contributed by atoms with Crippen LogP contribution in [0.25, 0.3) is 0 Å². The summed E-state index contributed by atoms with van der Waals surface area (Å²) in [5.74, 6) is 0.558. The van der Waals surface area contributed by atoms with Gasteiger partial charge in [0.2, 0.25) is 0 Å². The summed E-state index contributed by atoms with van der Waals surface area (Å²) in [4.78, 5) is 11.9. The van der Waals surface area contributed by atoms with Gasteiger partial charge in [0.05, 0.1) is 6.10 Å². The molecule has 5 heteroatoms. The fourth-order valence-corrected chi connectivity index (χ4v) is 2.61. The highest BCUT2D eigenvalue weighted by molar-refractivity contribution is 6.30. The van der Waals surface area contributed by atoms with Gasteiger partial charge in [-0.15, -0.1) is 0 Å². The van der Waals surface area contributed by atoms with E-state index in [9.17, 15) is 9.90 Å². The summed E-state index contributed by atoms with van der Waals surface area (Å²) in [5.41, 5.74) is 0. The van der Waals surface area contributed by atoms with E-state index in [2.05, 4.69) is 5.32 Å². The van der Waals surface area contributed by atoms with Gasteiger partial charge < -0.3 is 15.2 Å². The number of amides is 1. The predicted molar refractivity (Wildman–Crippen MR) is 77.9 cm³/mol. The Morgan fingerprint density at radius 2 is 2.35 bits per heavy atom. The van der Waals surface area contributed by atoms with Gasteiger partial charge in [0, 0.05) is 17.5 Å². The van der Waals surface area contributed by atoms with Crippen molar-refractivity contribution in [3.8, 4) is 5.75 Å². The summed E-state index contributed by atoms with van der Waals surface area (Å²) in [7, 11) is 0. The maximum Gasteiger partial charge on any atom is 0.260 e. The number of carbonyl (C=O) groups excluding carboxylic acids is 1. The van der Waals surface area contributed by atoms with Crippen LogP contribution in [0.5, 0.6) is 5.75 Å². The molecular formula is C15H20ClNO3. The first-order valence-electron chi connectivity index (χ1n) is 6.94. The zero-order valence-corrected chi connectivity index (χ0v) is 12.3. The van der Waals surface area contributed by atoms with Crippen molar-refractivity contribution in [3.05, 3.63) is 29.3 Å².